The number of nitriles is 2. The zero-order valence-corrected chi connectivity index (χ0v) is 33.7. The van der Waals surface area contributed by atoms with Gasteiger partial charge in [0.15, 0.2) is 0 Å². The average Bonchev–Trinajstić information content (AvgIpc) is 3.98. The Bertz CT molecular complexity index is 2650. The van der Waals surface area contributed by atoms with Crippen molar-refractivity contribution < 1.29 is 49.9 Å². The Morgan fingerprint density at radius 2 is 1.21 bits per heavy atom. The van der Waals surface area contributed by atoms with Crippen LogP contribution in [0.3, 0.4) is 0 Å². The molecule has 10 nitrogen and oxygen atoms in total. The van der Waals surface area contributed by atoms with Crippen molar-refractivity contribution in [2.24, 2.45) is 10.3 Å². The van der Waals surface area contributed by atoms with E-state index in [-0.39, 0.29) is 77.1 Å². The molecule has 314 valence electrons. The SMILES string of the molecule is CCOC(=O)c1cnn(-c2ccc(C3=NOC(c4cc(Cl)cc(Cl)c4)(C(F)(F)F)C3)cc2C#N)c1.N#Cc1cc(C2=NOC(c3cc(Cl)cc(Cl)c3)(C(F)(F)F)C2)ccc1F. The lowest BCUT2D eigenvalue weighted by Gasteiger charge is -2.29. The third-order valence-electron chi connectivity index (χ3n) is 9.24. The van der Waals surface area contributed by atoms with Gasteiger partial charge in [0.1, 0.15) is 18.0 Å². The summed E-state index contributed by atoms with van der Waals surface area (Å²) < 4.78 is 104. The molecule has 0 spiro atoms. The highest BCUT2D eigenvalue weighted by atomic mass is 35.5. The number of carbonyl (C=O) groups is 1. The predicted octanol–water partition coefficient (Wildman–Crippen LogP) is 11.4. The number of nitrogens with zero attached hydrogens (tertiary/aromatic N) is 6. The minimum atomic E-state index is -4.84. The van der Waals surface area contributed by atoms with E-state index < -0.39 is 48.2 Å². The first-order chi connectivity index (χ1) is 28.7. The molecule has 0 saturated heterocycles. The summed E-state index contributed by atoms with van der Waals surface area (Å²) >= 11 is 23.5. The van der Waals surface area contributed by atoms with Gasteiger partial charge in [-0.3, -0.25) is 0 Å². The molecule has 2 aliphatic heterocycles. The zero-order valence-electron chi connectivity index (χ0n) is 30.7. The van der Waals surface area contributed by atoms with Crippen molar-refractivity contribution in [2.45, 2.75) is 43.3 Å². The normalized spacial score (nSPS) is 18.4. The Morgan fingerprint density at radius 1 is 0.754 bits per heavy atom. The minimum absolute atomic E-state index is 0.0155. The summed E-state index contributed by atoms with van der Waals surface area (Å²) in [4.78, 5) is 21.7. The number of aromatic nitrogens is 2. The fourth-order valence-corrected chi connectivity index (χ4v) is 7.31. The van der Waals surface area contributed by atoms with Crippen molar-refractivity contribution in [3.05, 3.63) is 150 Å². The molecule has 2 unspecified atom stereocenters. The van der Waals surface area contributed by atoms with Crippen LogP contribution in [0.2, 0.25) is 20.1 Å². The molecule has 0 amide bonds. The third-order valence-corrected chi connectivity index (χ3v) is 10.1. The van der Waals surface area contributed by atoms with Gasteiger partial charge < -0.3 is 14.4 Å². The van der Waals surface area contributed by atoms with E-state index in [0.29, 0.717) is 5.69 Å². The smallest absolute Gasteiger partial charge is 0.435 e. The molecule has 61 heavy (non-hydrogen) atoms. The number of halogens is 11. The fourth-order valence-electron chi connectivity index (χ4n) is 6.26. The molecule has 7 rings (SSSR count). The molecule has 5 aromatic rings. The van der Waals surface area contributed by atoms with Crippen molar-refractivity contribution in [3.63, 3.8) is 0 Å². The number of benzene rings is 4. The Kier molecular flexibility index (Phi) is 12.6. The van der Waals surface area contributed by atoms with Gasteiger partial charge >= 0.3 is 18.3 Å². The highest BCUT2D eigenvalue weighted by molar-refractivity contribution is 6.35. The van der Waals surface area contributed by atoms with E-state index in [9.17, 15) is 40.8 Å². The maximum atomic E-state index is 14.2. The van der Waals surface area contributed by atoms with Crippen LogP contribution in [0, 0.1) is 28.5 Å². The van der Waals surface area contributed by atoms with Gasteiger partial charge in [0.2, 0.25) is 0 Å². The number of oxime groups is 2. The molecule has 2 aliphatic rings. The highest BCUT2D eigenvalue weighted by Gasteiger charge is 2.63. The summed E-state index contributed by atoms with van der Waals surface area (Å²) in [6.07, 6.45) is -8.33. The van der Waals surface area contributed by atoms with Crippen LogP contribution in [0.15, 0.2) is 95.5 Å². The summed E-state index contributed by atoms with van der Waals surface area (Å²) in [7, 11) is 0. The second-order valence-electron chi connectivity index (χ2n) is 13.1. The van der Waals surface area contributed by atoms with E-state index >= 15 is 0 Å². The van der Waals surface area contributed by atoms with E-state index in [4.69, 9.17) is 66.1 Å². The standard InChI is InChI=1S/C23H15Cl2F3N4O3.C17H8Cl2F4N2O/c1-2-34-21(33)15-11-30-32(12-15)20-4-3-13(5-14(20)10-29)19-9-22(35-31-19,23(26,27)28)16-6-17(24)8-18(25)7-16;18-12-4-11(5-13(19)6-12)16(17(21,22)23)7-15(25-26-16)9-1-2-14(20)10(3-9)8-24/h3-8,11-12H,2,9H2,1H3;1-6H,7H2. The van der Waals surface area contributed by atoms with E-state index in [2.05, 4.69) is 15.4 Å². The molecule has 2 atom stereocenters. The second-order valence-corrected chi connectivity index (χ2v) is 14.9. The topological polar surface area (TPSA) is 135 Å². The maximum Gasteiger partial charge on any atom is 0.435 e. The molecule has 4 aromatic carbocycles. The van der Waals surface area contributed by atoms with Gasteiger partial charge in [-0.05, 0) is 67.6 Å². The number of hydrogen-bond donors (Lipinski definition) is 0. The van der Waals surface area contributed by atoms with E-state index in [1.165, 1.54) is 53.5 Å². The molecule has 1 aromatic heterocycles. The van der Waals surface area contributed by atoms with E-state index in [0.717, 1.165) is 36.4 Å². The van der Waals surface area contributed by atoms with Gasteiger partial charge in [-0.1, -0.05) is 68.8 Å². The van der Waals surface area contributed by atoms with Crippen molar-refractivity contribution in [1.82, 2.24) is 9.78 Å². The molecule has 21 heteroatoms. The van der Waals surface area contributed by atoms with Gasteiger partial charge in [0, 0.05) is 61.4 Å². The summed E-state index contributed by atoms with van der Waals surface area (Å²) in [6.45, 7) is 1.85. The van der Waals surface area contributed by atoms with Gasteiger partial charge in [0.05, 0.1) is 46.6 Å². The first-order valence-corrected chi connectivity index (χ1v) is 18.8. The van der Waals surface area contributed by atoms with Crippen LogP contribution in [0.5, 0.6) is 0 Å². The van der Waals surface area contributed by atoms with Crippen LogP contribution in [-0.2, 0) is 25.6 Å². The van der Waals surface area contributed by atoms with E-state index in [1.54, 1.807) is 13.0 Å². The number of alkyl halides is 6. The minimum Gasteiger partial charge on any atom is -0.462 e. The summed E-state index contributed by atoms with van der Waals surface area (Å²) in [5, 5.41) is 29.9. The molecule has 0 saturated carbocycles. The Labute approximate surface area is 360 Å². The fraction of sp³-hybridized carbons (Fsp3) is 0.200. The van der Waals surface area contributed by atoms with Crippen LogP contribution >= 0.6 is 46.4 Å². The monoisotopic (exact) mass is 924 g/mol. The van der Waals surface area contributed by atoms with Crippen molar-refractivity contribution in [2.75, 3.05) is 6.61 Å². The highest BCUT2D eigenvalue weighted by Crippen LogP contribution is 2.51. The van der Waals surface area contributed by atoms with Crippen molar-refractivity contribution >= 4 is 63.8 Å². The quantitative estimate of drug-likeness (QED) is 0.117. The van der Waals surface area contributed by atoms with Gasteiger partial charge in [-0.25, -0.2) is 13.9 Å². The lowest BCUT2D eigenvalue weighted by Crippen LogP contribution is -2.42. The average molecular weight is 926 g/mol. The Morgan fingerprint density at radius 3 is 1.66 bits per heavy atom. The number of ether oxygens (including phenoxy) is 1. The Balaban J connectivity index is 0.000000213. The van der Waals surface area contributed by atoms with Crippen LogP contribution in [-0.4, -0.2) is 46.1 Å². The van der Waals surface area contributed by atoms with Crippen molar-refractivity contribution in [3.8, 4) is 17.8 Å². The van der Waals surface area contributed by atoms with Gasteiger partial charge in [-0.15, -0.1) is 0 Å². The molecule has 0 bridgehead atoms. The lowest BCUT2D eigenvalue weighted by molar-refractivity contribution is -0.276. The largest absolute Gasteiger partial charge is 0.462 e. The van der Waals surface area contributed by atoms with Crippen LogP contribution in [0.1, 0.15) is 63.5 Å². The summed E-state index contributed by atoms with van der Waals surface area (Å²) in [6, 6.07) is 18.4. The molecular formula is C40H23Cl4F7N6O4. The summed E-state index contributed by atoms with van der Waals surface area (Å²) in [5.74, 6) is -1.35. The third kappa shape index (κ3) is 8.97. The lowest BCUT2D eigenvalue weighted by atomic mass is 9.86. The van der Waals surface area contributed by atoms with Crippen LogP contribution in [0.25, 0.3) is 5.69 Å². The number of hydrogen-bond acceptors (Lipinski definition) is 9. The number of esters is 1. The molecule has 0 N–H and O–H groups in total. The first-order valence-electron chi connectivity index (χ1n) is 17.3. The van der Waals surface area contributed by atoms with Gasteiger partial charge in [0.25, 0.3) is 11.2 Å². The first kappa shape index (κ1) is 44.7. The van der Waals surface area contributed by atoms with Gasteiger partial charge in [-0.2, -0.15) is 42.0 Å². The molecule has 0 radical (unpaired) electrons. The maximum absolute atomic E-state index is 14.2. The summed E-state index contributed by atoms with van der Waals surface area (Å²) in [5.41, 5.74) is -5.56. The Hall–Kier alpha value is -5.85. The number of rotatable bonds is 7. The second kappa shape index (κ2) is 17.3. The van der Waals surface area contributed by atoms with Crippen LogP contribution in [0.4, 0.5) is 30.7 Å². The number of carbonyl (C=O) groups excluding carboxylic acids is 1. The molecule has 3 heterocycles. The zero-order chi connectivity index (χ0) is 44.5. The van der Waals surface area contributed by atoms with Crippen molar-refractivity contribution in [1.29, 1.82) is 10.5 Å². The van der Waals surface area contributed by atoms with Crippen LogP contribution < -0.4 is 0 Å². The molecule has 0 aliphatic carbocycles. The molecular weight excluding hydrogens is 903 g/mol. The van der Waals surface area contributed by atoms with E-state index in [1.807, 2.05) is 6.07 Å². The molecule has 0 fully saturated rings. The predicted molar refractivity (Wildman–Crippen MR) is 208 cm³/mol.